The maximum atomic E-state index is 6.29. The van der Waals surface area contributed by atoms with Gasteiger partial charge in [0, 0.05) is 0 Å². The second kappa shape index (κ2) is 4.86. The van der Waals surface area contributed by atoms with Crippen LogP contribution in [0.5, 0.6) is 5.75 Å². The predicted molar refractivity (Wildman–Crippen MR) is 83.5 cm³/mol. The van der Waals surface area contributed by atoms with Gasteiger partial charge in [-0.3, -0.25) is 0 Å². The molecule has 2 unspecified atom stereocenters. The third-order valence-electron chi connectivity index (χ3n) is 3.91. The first kappa shape index (κ1) is 13.0. The second-order valence-corrected chi connectivity index (χ2v) is 5.84. The van der Waals surface area contributed by atoms with Crippen LogP contribution in [0.2, 0.25) is 0 Å². The standard InChI is InChI=1S/C18H21NO/c1-11-5-7-15(8-6-11)18-14(4)19-16-10-12(2)9-13(3)17(16)20-18/h5-10,14,18-19H,1-4H3. The molecule has 0 saturated carbocycles. The molecule has 0 amide bonds. The Kier molecular flexibility index (Phi) is 3.17. The molecule has 104 valence electrons. The van der Waals surface area contributed by atoms with Gasteiger partial charge >= 0.3 is 0 Å². The molecule has 3 rings (SSSR count). The highest BCUT2D eigenvalue weighted by molar-refractivity contribution is 5.64. The van der Waals surface area contributed by atoms with Crippen LogP contribution in [0.4, 0.5) is 5.69 Å². The minimum absolute atomic E-state index is 0.0597. The second-order valence-electron chi connectivity index (χ2n) is 5.84. The molecule has 1 heterocycles. The van der Waals surface area contributed by atoms with E-state index in [-0.39, 0.29) is 12.1 Å². The molecule has 2 nitrogen and oxygen atoms in total. The highest BCUT2D eigenvalue weighted by Gasteiger charge is 2.28. The molecule has 2 heteroatoms. The summed E-state index contributed by atoms with van der Waals surface area (Å²) < 4.78 is 6.29. The lowest BCUT2D eigenvalue weighted by atomic mass is 9.98. The quantitative estimate of drug-likeness (QED) is 0.818. The lowest BCUT2D eigenvalue weighted by Gasteiger charge is -2.34. The van der Waals surface area contributed by atoms with E-state index in [0.29, 0.717) is 0 Å². The molecule has 2 aromatic carbocycles. The van der Waals surface area contributed by atoms with E-state index in [4.69, 9.17) is 4.74 Å². The molecule has 20 heavy (non-hydrogen) atoms. The van der Waals surface area contributed by atoms with Crippen molar-refractivity contribution in [3.63, 3.8) is 0 Å². The van der Waals surface area contributed by atoms with Gasteiger partial charge in [0.1, 0.15) is 11.9 Å². The van der Waals surface area contributed by atoms with Crippen molar-refractivity contribution in [1.82, 2.24) is 0 Å². The van der Waals surface area contributed by atoms with E-state index in [1.54, 1.807) is 0 Å². The summed E-state index contributed by atoms with van der Waals surface area (Å²) in [6.07, 6.45) is 0.0597. The summed E-state index contributed by atoms with van der Waals surface area (Å²) in [5, 5.41) is 3.58. The first-order valence-corrected chi connectivity index (χ1v) is 7.15. The van der Waals surface area contributed by atoms with Crippen molar-refractivity contribution < 1.29 is 4.74 Å². The molecule has 2 atom stereocenters. The highest BCUT2D eigenvalue weighted by atomic mass is 16.5. The minimum Gasteiger partial charge on any atom is -0.481 e. The van der Waals surface area contributed by atoms with Crippen molar-refractivity contribution in [3.05, 3.63) is 58.7 Å². The van der Waals surface area contributed by atoms with Gasteiger partial charge in [-0.05, 0) is 50.5 Å². The van der Waals surface area contributed by atoms with Crippen molar-refractivity contribution in [2.45, 2.75) is 39.8 Å². The fourth-order valence-electron chi connectivity index (χ4n) is 2.88. The Morgan fingerprint density at radius 1 is 0.950 bits per heavy atom. The maximum absolute atomic E-state index is 6.29. The lowest BCUT2D eigenvalue weighted by Crippen LogP contribution is -2.33. The van der Waals surface area contributed by atoms with E-state index in [1.165, 1.54) is 22.3 Å². The third-order valence-corrected chi connectivity index (χ3v) is 3.91. The van der Waals surface area contributed by atoms with E-state index < -0.39 is 0 Å². The zero-order valence-electron chi connectivity index (χ0n) is 12.5. The monoisotopic (exact) mass is 267 g/mol. The zero-order valence-corrected chi connectivity index (χ0v) is 12.5. The van der Waals surface area contributed by atoms with E-state index in [0.717, 1.165) is 11.4 Å². The zero-order chi connectivity index (χ0) is 14.3. The number of benzene rings is 2. The average Bonchev–Trinajstić information content (AvgIpc) is 2.39. The third kappa shape index (κ3) is 2.26. The molecule has 0 fully saturated rings. The number of ether oxygens (including phenoxy) is 1. The first-order valence-electron chi connectivity index (χ1n) is 7.15. The molecular weight excluding hydrogens is 246 g/mol. The Labute approximate surface area is 120 Å². The largest absolute Gasteiger partial charge is 0.481 e. The Balaban J connectivity index is 1.98. The van der Waals surface area contributed by atoms with Crippen LogP contribution >= 0.6 is 0 Å². The summed E-state index contributed by atoms with van der Waals surface area (Å²) in [6, 6.07) is 13.2. The summed E-state index contributed by atoms with van der Waals surface area (Å²) in [4.78, 5) is 0. The smallest absolute Gasteiger partial charge is 0.146 e. The van der Waals surface area contributed by atoms with E-state index in [2.05, 4.69) is 69.4 Å². The van der Waals surface area contributed by atoms with Gasteiger partial charge in [0.25, 0.3) is 0 Å². The number of aryl methyl sites for hydroxylation is 3. The number of anilines is 1. The molecule has 0 aromatic heterocycles. The number of hydrogen-bond donors (Lipinski definition) is 1. The Bertz CT molecular complexity index is 631. The average molecular weight is 267 g/mol. The van der Waals surface area contributed by atoms with Crippen molar-refractivity contribution in [1.29, 1.82) is 0 Å². The van der Waals surface area contributed by atoms with Crippen LogP contribution in [-0.4, -0.2) is 6.04 Å². The molecule has 1 aliphatic heterocycles. The van der Waals surface area contributed by atoms with E-state index >= 15 is 0 Å². The molecule has 2 aromatic rings. The van der Waals surface area contributed by atoms with Crippen molar-refractivity contribution in [2.75, 3.05) is 5.32 Å². The first-order chi connectivity index (χ1) is 9.54. The summed E-state index contributed by atoms with van der Waals surface area (Å²) in [5.41, 5.74) is 6.06. The van der Waals surface area contributed by atoms with Crippen LogP contribution in [0, 0.1) is 20.8 Å². The van der Waals surface area contributed by atoms with Gasteiger partial charge in [-0.25, -0.2) is 0 Å². The van der Waals surface area contributed by atoms with Crippen LogP contribution in [0.15, 0.2) is 36.4 Å². The Morgan fingerprint density at radius 3 is 2.35 bits per heavy atom. The van der Waals surface area contributed by atoms with Gasteiger partial charge in [0.2, 0.25) is 0 Å². The Morgan fingerprint density at radius 2 is 1.65 bits per heavy atom. The molecule has 1 N–H and O–H groups in total. The number of hydrogen-bond acceptors (Lipinski definition) is 2. The molecule has 0 aliphatic carbocycles. The van der Waals surface area contributed by atoms with Gasteiger partial charge in [-0.1, -0.05) is 35.9 Å². The Hall–Kier alpha value is -1.96. The van der Waals surface area contributed by atoms with Crippen molar-refractivity contribution >= 4 is 5.69 Å². The van der Waals surface area contributed by atoms with Gasteiger partial charge in [-0.2, -0.15) is 0 Å². The molecular formula is C18H21NO. The summed E-state index contributed by atoms with van der Waals surface area (Å²) in [7, 11) is 0. The van der Waals surface area contributed by atoms with Crippen molar-refractivity contribution in [2.24, 2.45) is 0 Å². The SMILES string of the molecule is Cc1ccc(C2Oc3c(C)cc(C)cc3NC2C)cc1. The van der Waals surface area contributed by atoms with Gasteiger partial charge in [0.05, 0.1) is 11.7 Å². The molecule has 0 radical (unpaired) electrons. The van der Waals surface area contributed by atoms with Crippen LogP contribution < -0.4 is 10.1 Å². The highest BCUT2D eigenvalue weighted by Crippen LogP contribution is 2.40. The molecule has 0 bridgehead atoms. The fourth-order valence-corrected chi connectivity index (χ4v) is 2.88. The van der Waals surface area contributed by atoms with Crippen LogP contribution in [-0.2, 0) is 0 Å². The minimum atomic E-state index is 0.0597. The summed E-state index contributed by atoms with van der Waals surface area (Å²) in [6.45, 7) is 8.50. The molecule has 0 saturated heterocycles. The van der Waals surface area contributed by atoms with Gasteiger partial charge < -0.3 is 10.1 Å². The molecule has 1 aliphatic rings. The lowest BCUT2D eigenvalue weighted by molar-refractivity contribution is 0.176. The number of fused-ring (bicyclic) bond motifs is 1. The summed E-state index contributed by atoms with van der Waals surface area (Å²) in [5.74, 6) is 0.985. The normalized spacial score (nSPS) is 20.8. The fraction of sp³-hybridized carbons (Fsp3) is 0.333. The predicted octanol–water partition coefficient (Wildman–Crippen LogP) is 4.55. The van der Waals surface area contributed by atoms with Crippen LogP contribution in [0.1, 0.15) is 35.3 Å². The van der Waals surface area contributed by atoms with Crippen LogP contribution in [0.3, 0.4) is 0 Å². The number of nitrogens with one attached hydrogen (secondary N) is 1. The van der Waals surface area contributed by atoms with Gasteiger partial charge in [-0.15, -0.1) is 0 Å². The number of rotatable bonds is 1. The maximum Gasteiger partial charge on any atom is 0.146 e. The topological polar surface area (TPSA) is 21.3 Å². The van der Waals surface area contributed by atoms with Crippen molar-refractivity contribution in [3.8, 4) is 5.75 Å². The van der Waals surface area contributed by atoms with Crippen LogP contribution in [0.25, 0.3) is 0 Å². The van der Waals surface area contributed by atoms with E-state index in [9.17, 15) is 0 Å². The summed E-state index contributed by atoms with van der Waals surface area (Å²) >= 11 is 0. The molecule has 0 spiro atoms. The van der Waals surface area contributed by atoms with Gasteiger partial charge in [0.15, 0.2) is 0 Å². The van der Waals surface area contributed by atoms with E-state index in [1.807, 2.05) is 0 Å².